The first kappa shape index (κ1) is 27.7. The van der Waals surface area contributed by atoms with Crippen molar-refractivity contribution in [2.75, 3.05) is 0 Å². The minimum Gasteiger partial charge on any atom is -0.426 e. The maximum absolute atomic E-state index is 14.0. The quantitative estimate of drug-likeness (QED) is 0.139. The molecule has 9 heteroatoms. The Morgan fingerprint density at radius 2 is 1.70 bits per heavy atom. The van der Waals surface area contributed by atoms with Crippen LogP contribution in [0.2, 0.25) is 0 Å². The van der Waals surface area contributed by atoms with Gasteiger partial charge >= 0.3 is 5.97 Å². The van der Waals surface area contributed by atoms with E-state index in [0.717, 1.165) is 6.07 Å². The number of benzene rings is 2. The Bertz CT molecular complexity index is 1190. The number of hydrogen-bond donors (Lipinski definition) is 1. The minimum absolute atomic E-state index is 0.0314. The van der Waals surface area contributed by atoms with E-state index < -0.39 is 51.1 Å². The molecular weight excluding hydrogens is 476 g/mol. The van der Waals surface area contributed by atoms with E-state index in [1.807, 2.05) is 20.8 Å². The standard InChI is InChI=1S/C28H32N2O7/c1-4-5-17-23(31)29-28(25(32)20-14-10-16-22(30(35)36)24(20)26(28)33)21(15-9-11-18(2)3)27(34)37-19-12-7-6-8-13-19/h6-8,10,12-14,16,18,21H,4-5,9,11,15,17H2,1-3H3,(H,29,31). The largest absolute Gasteiger partial charge is 0.426 e. The molecule has 0 heterocycles. The number of fused-ring (bicyclic) bond motifs is 1. The molecule has 1 aliphatic rings. The molecule has 0 bridgehead atoms. The topological polar surface area (TPSA) is 133 Å². The molecule has 0 spiro atoms. The van der Waals surface area contributed by atoms with Crippen LogP contribution in [0.4, 0.5) is 5.69 Å². The van der Waals surface area contributed by atoms with Crippen LogP contribution in [-0.4, -0.2) is 33.9 Å². The molecule has 2 atom stereocenters. The Kier molecular flexibility index (Phi) is 8.91. The second-order valence-corrected chi connectivity index (χ2v) is 9.69. The summed E-state index contributed by atoms with van der Waals surface area (Å²) in [6, 6.07) is 12.0. The highest BCUT2D eigenvalue weighted by atomic mass is 16.6. The average Bonchev–Trinajstić information content (AvgIpc) is 3.08. The number of amides is 1. The number of hydrogen-bond acceptors (Lipinski definition) is 7. The Hall–Kier alpha value is -3.88. The molecule has 0 saturated carbocycles. The number of ketones is 2. The Balaban J connectivity index is 2.15. The number of nitro benzene ring substituents is 1. The fourth-order valence-electron chi connectivity index (χ4n) is 4.69. The van der Waals surface area contributed by atoms with Gasteiger partial charge in [-0.15, -0.1) is 0 Å². The molecule has 0 radical (unpaired) electrons. The van der Waals surface area contributed by atoms with Gasteiger partial charge in [-0.05, 0) is 30.9 Å². The van der Waals surface area contributed by atoms with Crippen LogP contribution in [0.1, 0.15) is 80.0 Å². The number of carbonyl (C=O) groups is 4. The molecule has 9 nitrogen and oxygen atoms in total. The van der Waals surface area contributed by atoms with Gasteiger partial charge in [-0.1, -0.05) is 70.4 Å². The number of Topliss-reactive ketones (excluding diaryl/α,β-unsaturated/α-hetero) is 2. The number of nitrogens with one attached hydrogen (secondary N) is 1. The molecule has 196 valence electrons. The summed E-state index contributed by atoms with van der Waals surface area (Å²) < 4.78 is 5.58. The van der Waals surface area contributed by atoms with Crippen LogP contribution >= 0.6 is 0 Å². The van der Waals surface area contributed by atoms with Crippen molar-refractivity contribution in [3.05, 3.63) is 69.8 Å². The van der Waals surface area contributed by atoms with Crippen molar-refractivity contribution in [1.29, 1.82) is 0 Å². The Morgan fingerprint density at radius 1 is 1.00 bits per heavy atom. The zero-order valence-corrected chi connectivity index (χ0v) is 21.3. The number of carbonyl (C=O) groups excluding carboxylic acids is 4. The van der Waals surface area contributed by atoms with E-state index >= 15 is 0 Å². The first-order valence-corrected chi connectivity index (χ1v) is 12.6. The van der Waals surface area contributed by atoms with Crippen molar-refractivity contribution in [3.8, 4) is 5.75 Å². The highest BCUT2D eigenvalue weighted by Gasteiger charge is 2.62. The number of unbranched alkanes of at least 4 members (excludes halogenated alkanes) is 1. The average molecular weight is 509 g/mol. The molecule has 2 aromatic carbocycles. The number of nitro groups is 1. The third kappa shape index (κ3) is 5.76. The summed E-state index contributed by atoms with van der Waals surface area (Å²) in [5.74, 6) is -4.11. The van der Waals surface area contributed by atoms with Gasteiger partial charge in [0.1, 0.15) is 11.3 Å². The molecule has 2 aromatic rings. The zero-order chi connectivity index (χ0) is 27.2. The molecule has 0 aliphatic heterocycles. The van der Waals surface area contributed by atoms with E-state index in [4.69, 9.17) is 4.74 Å². The van der Waals surface area contributed by atoms with Crippen molar-refractivity contribution >= 4 is 29.1 Å². The molecular formula is C28H32N2O7. The third-order valence-corrected chi connectivity index (χ3v) is 6.56. The van der Waals surface area contributed by atoms with Gasteiger partial charge in [0.15, 0.2) is 11.3 Å². The van der Waals surface area contributed by atoms with Crippen LogP contribution in [0.15, 0.2) is 48.5 Å². The monoisotopic (exact) mass is 508 g/mol. The summed E-state index contributed by atoms with van der Waals surface area (Å²) in [7, 11) is 0. The minimum atomic E-state index is -2.33. The SMILES string of the molecule is CCCCC(=O)NC1(C(CCCC(C)C)C(=O)Oc2ccccc2)C(=O)c2cccc([N+](=O)[O-])c2C1=O. The number of esters is 1. The van der Waals surface area contributed by atoms with Crippen molar-refractivity contribution in [3.63, 3.8) is 0 Å². The van der Waals surface area contributed by atoms with Gasteiger partial charge in [0.2, 0.25) is 11.7 Å². The summed E-state index contributed by atoms with van der Waals surface area (Å²) in [5, 5.41) is 14.3. The smallest absolute Gasteiger partial charge is 0.317 e. The number of rotatable bonds is 12. The maximum atomic E-state index is 14.0. The summed E-state index contributed by atoms with van der Waals surface area (Å²) in [4.78, 5) is 65.6. The van der Waals surface area contributed by atoms with E-state index in [1.165, 1.54) is 12.1 Å². The van der Waals surface area contributed by atoms with E-state index in [9.17, 15) is 29.3 Å². The Labute approximate surface area is 215 Å². The van der Waals surface area contributed by atoms with Crippen molar-refractivity contribution < 1.29 is 28.8 Å². The third-order valence-electron chi connectivity index (χ3n) is 6.56. The first-order chi connectivity index (χ1) is 17.6. The maximum Gasteiger partial charge on any atom is 0.317 e. The van der Waals surface area contributed by atoms with Gasteiger partial charge in [-0.2, -0.15) is 0 Å². The van der Waals surface area contributed by atoms with Crippen molar-refractivity contribution in [2.45, 2.75) is 64.8 Å². The normalized spacial score (nSPS) is 17.4. The fourth-order valence-corrected chi connectivity index (χ4v) is 4.69. The molecule has 2 unspecified atom stereocenters. The van der Waals surface area contributed by atoms with E-state index in [-0.39, 0.29) is 30.1 Å². The van der Waals surface area contributed by atoms with Crippen LogP contribution in [0, 0.1) is 22.0 Å². The molecule has 1 amide bonds. The van der Waals surface area contributed by atoms with Crippen LogP contribution in [0.3, 0.4) is 0 Å². The molecule has 1 N–H and O–H groups in total. The van der Waals surface area contributed by atoms with Crippen LogP contribution < -0.4 is 10.1 Å². The van der Waals surface area contributed by atoms with Gasteiger partial charge in [-0.25, -0.2) is 0 Å². The first-order valence-electron chi connectivity index (χ1n) is 12.6. The second kappa shape index (κ2) is 11.9. The van der Waals surface area contributed by atoms with E-state index in [1.54, 1.807) is 30.3 Å². The van der Waals surface area contributed by atoms with Gasteiger partial charge < -0.3 is 10.1 Å². The molecule has 0 fully saturated rings. The Morgan fingerprint density at radius 3 is 2.32 bits per heavy atom. The summed E-state index contributed by atoms with van der Waals surface area (Å²) in [6.07, 6.45) is 2.47. The lowest BCUT2D eigenvalue weighted by Gasteiger charge is -2.34. The molecule has 0 aromatic heterocycles. The van der Waals surface area contributed by atoms with Crippen molar-refractivity contribution in [2.24, 2.45) is 11.8 Å². The second-order valence-electron chi connectivity index (χ2n) is 9.69. The van der Waals surface area contributed by atoms with Crippen molar-refractivity contribution in [1.82, 2.24) is 5.32 Å². The van der Waals surface area contributed by atoms with Gasteiger partial charge in [-0.3, -0.25) is 29.3 Å². The highest BCUT2D eigenvalue weighted by molar-refractivity contribution is 6.36. The number of ether oxygens (including phenoxy) is 1. The lowest BCUT2D eigenvalue weighted by molar-refractivity contribution is -0.385. The lowest BCUT2D eigenvalue weighted by atomic mass is 9.76. The summed E-state index contributed by atoms with van der Waals surface area (Å²) >= 11 is 0. The fraction of sp³-hybridized carbons (Fsp3) is 0.429. The highest BCUT2D eigenvalue weighted by Crippen LogP contribution is 2.42. The van der Waals surface area contributed by atoms with E-state index in [2.05, 4.69) is 5.32 Å². The molecule has 37 heavy (non-hydrogen) atoms. The number of nitrogens with zero attached hydrogens (tertiary/aromatic N) is 1. The zero-order valence-electron chi connectivity index (χ0n) is 21.3. The predicted octanol–water partition coefficient (Wildman–Crippen LogP) is 5.07. The molecule has 1 aliphatic carbocycles. The van der Waals surface area contributed by atoms with E-state index in [0.29, 0.717) is 25.7 Å². The van der Waals surface area contributed by atoms with Crippen LogP contribution in [0.25, 0.3) is 0 Å². The summed E-state index contributed by atoms with van der Waals surface area (Å²) in [5.41, 5.74) is -3.45. The molecule has 0 saturated heterocycles. The summed E-state index contributed by atoms with van der Waals surface area (Å²) in [6.45, 7) is 5.90. The number of para-hydroxylation sites is 1. The van der Waals surface area contributed by atoms with Crippen LogP contribution in [0.5, 0.6) is 5.75 Å². The van der Waals surface area contributed by atoms with Gasteiger partial charge in [0.25, 0.3) is 5.69 Å². The van der Waals surface area contributed by atoms with Gasteiger partial charge in [0, 0.05) is 18.1 Å². The lowest BCUT2D eigenvalue weighted by Crippen LogP contribution is -2.64. The predicted molar refractivity (Wildman–Crippen MR) is 136 cm³/mol. The molecule has 3 rings (SSSR count). The van der Waals surface area contributed by atoms with Gasteiger partial charge in [0.05, 0.1) is 10.8 Å². The van der Waals surface area contributed by atoms with Crippen LogP contribution in [-0.2, 0) is 9.59 Å².